The zero-order chi connectivity index (χ0) is 17.6. The third-order valence-corrected chi connectivity index (χ3v) is 3.43. The monoisotopic (exact) mass is 343 g/mol. The fraction of sp³-hybridized carbons (Fsp3) is 0.111. The Kier molecular flexibility index (Phi) is 5.03. The highest BCUT2D eigenvalue weighted by molar-refractivity contribution is 6.06. The van der Waals surface area contributed by atoms with Crippen molar-refractivity contribution in [2.75, 3.05) is 5.32 Å². The summed E-state index contributed by atoms with van der Waals surface area (Å²) in [5, 5.41) is 6.81. The molecule has 0 radical (unpaired) electrons. The third-order valence-electron chi connectivity index (χ3n) is 3.43. The fourth-order valence-corrected chi connectivity index (χ4v) is 2.34. The molecule has 7 heteroatoms. The number of nitrogens with one attached hydrogen (secondary N) is 1. The van der Waals surface area contributed by atoms with Crippen LogP contribution in [0, 0.1) is 0 Å². The van der Waals surface area contributed by atoms with E-state index in [1.165, 1.54) is 24.4 Å². The maximum atomic E-state index is 12.4. The zero-order valence-corrected chi connectivity index (χ0v) is 13.1. The summed E-state index contributed by atoms with van der Waals surface area (Å²) in [6.45, 7) is -2.44. The summed E-state index contributed by atoms with van der Waals surface area (Å²) < 4.78 is 30.9. The Balaban J connectivity index is 1.70. The Morgan fingerprint density at radius 3 is 2.60 bits per heavy atom. The number of nitrogens with zero attached hydrogens (tertiary/aromatic N) is 2. The van der Waals surface area contributed by atoms with Crippen LogP contribution in [0.2, 0.25) is 0 Å². The molecule has 0 spiro atoms. The Bertz CT molecular complexity index is 850. The van der Waals surface area contributed by atoms with Crippen molar-refractivity contribution in [1.29, 1.82) is 0 Å². The molecule has 0 fully saturated rings. The second-order valence-corrected chi connectivity index (χ2v) is 5.24. The van der Waals surface area contributed by atoms with E-state index in [0.29, 0.717) is 12.2 Å². The molecule has 3 aromatic rings. The van der Waals surface area contributed by atoms with Crippen LogP contribution in [0.5, 0.6) is 5.75 Å². The number of para-hydroxylation sites is 1. The van der Waals surface area contributed by atoms with Crippen LogP contribution < -0.4 is 10.1 Å². The van der Waals surface area contributed by atoms with Crippen LogP contribution in [0.25, 0.3) is 0 Å². The summed E-state index contributed by atoms with van der Waals surface area (Å²) in [5.74, 6) is -0.720. The zero-order valence-electron chi connectivity index (χ0n) is 13.1. The minimum atomic E-state index is -3.00. The number of benzene rings is 2. The molecule has 1 amide bonds. The molecule has 1 heterocycles. The topological polar surface area (TPSA) is 56.2 Å². The molecule has 2 aromatic carbocycles. The summed E-state index contributed by atoms with van der Waals surface area (Å²) in [6.07, 6.45) is 3.17. The number of aromatic nitrogens is 2. The number of anilines is 1. The van der Waals surface area contributed by atoms with Gasteiger partial charge in [-0.25, -0.2) is 0 Å². The van der Waals surface area contributed by atoms with Crippen LogP contribution in [0.1, 0.15) is 15.9 Å². The van der Waals surface area contributed by atoms with E-state index in [2.05, 4.69) is 15.2 Å². The van der Waals surface area contributed by atoms with Gasteiger partial charge in [-0.1, -0.05) is 42.5 Å². The average Bonchev–Trinajstić information content (AvgIpc) is 3.02. The van der Waals surface area contributed by atoms with Crippen molar-refractivity contribution in [3.63, 3.8) is 0 Å². The number of rotatable bonds is 6. The second kappa shape index (κ2) is 7.57. The lowest BCUT2D eigenvalue weighted by molar-refractivity contribution is -0.0501. The highest BCUT2D eigenvalue weighted by Crippen LogP contribution is 2.21. The first-order valence-corrected chi connectivity index (χ1v) is 7.53. The first-order chi connectivity index (χ1) is 12.1. The fourth-order valence-electron chi connectivity index (χ4n) is 2.34. The van der Waals surface area contributed by atoms with Crippen molar-refractivity contribution in [2.45, 2.75) is 13.2 Å². The minimum Gasteiger partial charge on any atom is -0.434 e. The molecule has 128 valence electrons. The molecule has 25 heavy (non-hydrogen) atoms. The predicted molar refractivity (Wildman–Crippen MR) is 88.8 cm³/mol. The van der Waals surface area contributed by atoms with E-state index in [-0.39, 0.29) is 11.3 Å². The van der Waals surface area contributed by atoms with E-state index >= 15 is 0 Å². The Morgan fingerprint density at radius 2 is 1.84 bits per heavy atom. The van der Waals surface area contributed by atoms with Gasteiger partial charge >= 0.3 is 6.61 Å². The third kappa shape index (κ3) is 4.41. The van der Waals surface area contributed by atoms with Gasteiger partial charge in [-0.3, -0.25) is 9.48 Å². The average molecular weight is 343 g/mol. The highest BCUT2D eigenvalue weighted by atomic mass is 19.3. The van der Waals surface area contributed by atoms with Crippen LogP contribution in [-0.2, 0) is 6.54 Å². The molecular weight excluding hydrogens is 328 g/mol. The second-order valence-electron chi connectivity index (χ2n) is 5.24. The van der Waals surface area contributed by atoms with Gasteiger partial charge in [0, 0.05) is 6.20 Å². The number of ether oxygens (including phenoxy) is 1. The summed E-state index contributed by atoms with van der Waals surface area (Å²) in [4.78, 5) is 12.3. The Labute approximate surface area is 142 Å². The molecule has 0 saturated carbocycles. The molecular formula is C18H15F2N3O2. The van der Waals surface area contributed by atoms with Gasteiger partial charge in [0.2, 0.25) is 0 Å². The number of halogens is 2. The summed E-state index contributed by atoms with van der Waals surface area (Å²) in [6, 6.07) is 15.6. The Morgan fingerprint density at radius 1 is 1.12 bits per heavy atom. The molecule has 0 aliphatic heterocycles. The van der Waals surface area contributed by atoms with Crippen LogP contribution in [0.3, 0.4) is 0 Å². The molecule has 0 saturated heterocycles. The molecule has 1 aromatic heterocycles. The maximum absolute atomic E-state index is 12.4. The van der Waals surface area contributed by atoms with Gasteiger partial charge < -0.3 is 10.1 Å². The van der Waals surface area contributed by atoms with Gasteiger partial charge in [0.15, 0.2) is 0 Å². The molecule has 0 aliphatic carbocycles. The van der Waals surface area contributed by atoms with Crippen LogP contribution in [0.4, 0.5) is 14.5 Å². The molecule has 0 bridgehead atoms. The van der Waals surface area contributed by atoms with Gasteiger partial charge in [0.25, 0.3) is 5.91 Å². The minimum absolute atomic E-state index is 0.0265. The molecule has 5 nitrogen and oxygen atoms in total. The predicted octanol–water partition coefficient (Wildman–Crippen LogP) is 3.79. The maximum Gasteiger partial charge on any atom is 0.387 e. The molecule has 0 atom stereocenters. The van der Waals surface area contributed by atoms with Gasteiger partial charge in [-0.2, -0.15) is 13.9 Å². The van der Waals surface area contributed by atoms with Crippen LogP contribution in [0.15, 0.2) is 67.0 Å². The number of carbonyl (C=O) groups is 1. The van der Waals surface area contributed by atoms with Crippen molar-refractivity contribution in [1.82, 2.24) is 9.78 Å². The van der Waals surface area contributed by atoms with E-state index in [1.807, 2.05) is 30.3 Å². The van der Waals surface area contributed by atoms with E-state index in [9.17, 15) is 13.6 Å². The number of hydrogen-bond donors (Lipinski definition) is 1. The number of hydrogen-bond acceptors (Lipinski definition) is 3. The van der Waals surface area contributed by atoms with Crippen molar-refractivity contribution in [3.8, 4) is 5.75 Å². The van der Waals surface area contributed by atoms with Crippen LogP contribution in [-0.4, -0.2) is 22.3 Å². The summed E-state index contributed by atoms with van der Waals surface area (Å²) in [5.41, 5.74) is 1.56. The number of carbonyl (C=O) groups excluding carboxylic acids is 1. The lowest BCUT2D eigenvalue weighted by Crippen LogP contribution is -2.14. The van der Waals surface area contributed by atoms with Crippen molar-refractivity contribution in [2.24, 2.45) is 0 Å². The Hall–Kier alpha value is -3.22. The number of alkyl halides is 2. The quantitative estimate of drug-likeness (QED) is 0.741. The molecule has 0 unspecified atom stereocenters. The first kappa shape index (κ1) is 16.6. The molecule has 1 N–H and O–H groups in total. The molecule has 0 aliphatic rings. The van der Waals surface area contributed by atoms with Gasteiger partial charge in [-0.05, 0) is 17.7 Å². The lowest BCUT2D eigenvalue weighted by Gasteiger charge is -2.09. The van der Waals surface area contributed by atoms with E-state index in [1.54, 1.807) is 16.9 Å². The van der Waals surface area contributed by atoms with Crippen LogP contribution >= 0.6 is 0 Å². The lowest BCUT2D eigenvalue weighted by atomic mass is 10.2. The standard InChI is InChI=1S/C18H15F2N3O2/c19-18(20)25-16-9-5-4-8-15(16)17(24)22-14-10-21-23(12-14)11-13-6-2-1-3-7-13/h1-10,12,18H,11H2,(H,22,24). The molecule has 3 rings (SSSR count). The SMILES string of the molecule is O=C(Nc1cnn(Cc2ccccc2)c1)c1ccccc1OC(F)F. The van der Waals surface area contributed by atoms with E-state index < -0.39 is 12.5 Å². The van der Waals surface area contributed by atoms with Gasteiger partial charge in [-0.15, -0.1) is 0 Å². The van der Waals surface area contributed by atoms with E-state index in [0.717, 1.165) is 5.56 Å². The summed E-state index contributed by atoms with van der Waals surface area (Å²) >= 11 is 0. The van der Waals surface area contributed by atoms with Gasteiger partial charge in [0.1, 0.15) is 5.75 Å². The first-order valence-electron chi connectivity index (χ1n) is 7.53. The van der Waals surface area contributed by atoms with Gasteiger partial charge in [0.05, 0.1) is 24.0 Å². The van der Waals surface area contributed by atoms with E-state index in [4.69, 9.17) is 0 Å². The smallest absolute Gasteiger partial charge is 0.387 e. The van der Waals surface area contributed by atoms with Crippen molar-refractivity contribution in [3.05, 3.63) is 78.1 Å². The number of amides is 1. The highest BCUT2D eigenvalue weighted by Gasteiger charge is 2.16. The van der Waals surface area contributed by atoms with Crippen molar-refractivity contribution >= 4 is 11.6 Å². The largest absolute Gasteiger partial charge is 0.434 e. The normalized spacial score (nSPS) is 10.7. The summed E-state index contributed by atoms with van der Waals surface area (Å²) in [7, 11) is 0. The van der Waals surface area contributed by atoms with Crippen molar-refractivity contribution < 1.29 is 18.3 Å².